The fourth-order valence-corrected chi connectivity index (χ4v) is 2.99. The number of rotatable bonds is 10. The molecular formula is C17H33N3O. The summed E-state index contributed by atoms with van der Waals surface area (Å²) in [5, 5.41) is 12.7. The Morgan fingerprint density at radius 2 is 2.19 bits per heavy atom. The molecule has 0 spiro atoms. The van der Waals surface area contributed by atoms with Gasteiger partial charge in [-0.3, -0.25) is 5.32 Å². The lowest BCUT2D eigenvalue weighted by Gasteiger charge is -2.32. The third-order valence-corrected chi connectivity index (χ3v) is 4.28. The summed E-state index contributed by atoms with van der Waals surface area (Å²) in [4.78, 5) is 2.52. The van der Waals surface area contributed by atoms with E-state index in [2.05, 4.69) is 30.1 Å². The van der Waals surface area contributed by atoms with Crippen molar-refractivity contribution in [1.82, 2.24) is 10.2 Å². The van der Waals surface area contributed by atoms with E-state index in [0.717, 1.165) is 45.5 Å². The Morgan fingerprint density at radius 1 is 1.38 bits per heavy atom. The van der Waals surface area contributed by atoms with E-state index in [0.29, 0.717) is 6.10 Å². The molecule has 122 valence electrons. The molecular weight excluding hydrogens is 262 g/mol. The van der Waals surface area contributed by atoms with Crippen LogP contribution in [0.2, 0.25) is 0 Å². The van der Waals surface area contributed by atoms with Crippen molar-refractivity contribution in [2.75, 3.05) is 32.8 Å². The minimum absolute atomic E-state index is 0.355. The van der Waals surface area contributed by atoms with Crippen molar-refractivity contribution in [3.05, 3.63) is 0 Å². The first kappa shape index (κ1) is 18.4. The van der Waals surface area contributed by atoms with Crippen LogP contribution >= 0.6 is 0 Å². The van der Waals surface area contributed by atoms with Crippen LogP contribution in [0, 0.1) is 11.3 Å². The van der Waals surface area contributed by atoms with Gasteiger partial charge in [-0.15, -0.1) is 0 Å². The molecule has 0 amide bonds. The van der Waals surface area contributed by atoms with Crippen LogP contribution in [0.1, 0.15) is 59.3 Å². The molecule has 0 saturated carbocycles. The van der Waals surface area contributed by atoms with Crippen LogP contribution in [0.25, 0.3) is 0 Å². The normalized spacial score (nSPS) is 22.7. The minimum atomic E-state index is -0.355. The number of hydrogen-bond acceptors (Lipinski definition) is 4. The zero-order valence-corrected chi connectivity index (χ0v) is 14.2. The molecule has 1 heterocycles. The highest BCUT2D eigenvalue weighted by Crippen LogP contribution is 2.16. The molecule has 1 rings (SSSR count). The number of likely N-dealkylation sites (tertiary alicyclic amines) is 1. The Labute approximate surface area is 130 Å². The van der Waals surface area contributed by atoms with Gasteiger partial charge in [-0.05, 0) is 72.0 Å². The van der Waals surface area contributed by atoms with Gasteiger partial charge < -0.3 is 9.64 Å². The van der Waals surface area contributed by atoms with Crippen molar-refractivity contribution < 1.29 is 4.74 Å². The molecule has 1 fully saturated rings. The number of ether oxygens (including phenoxy) is 1. The highest BCUT2D eigenvalue weighted by molar-refractivity contribution is 5.03. The summed E-state index contributed by atoms with van der Waals surface area (Å²) < 4.78 is 5.74. The standard InChI is InChI=1S/C17H33N3O/c1-4-11-19-17(3,15-18)10-6-7-12-20-13-8-9-16(14-20)21-5-2/h16,19H,4-14H2,1-3H3. The molecule has 2 unspecified atom stereocenters. The number of nitriles is 1. The molecule has 21 heavy (non-hydrogen) atoms. The van der Waals surface area contributed by atoms with Crippen LogP contribution in [0.5, 0.6) is 0 Å². The van der Waals surface area contributed by atoms with E-state index in [-0.39, 0.29) is 5.54 Å². The van der Waals surface area contributed by atoms with Gasteiger partial charge in [0.2, 0.25) is 0 Å². The summed E-state index contributed by atoms with van der Waals surface area (Å²) in [7, 11) is 0. The van der Waals surface area contributed by atoms with Crippen molar-refractivity contribution in [1.29, 1.82) is 5.26 Å². The zero-order valence-electron chi connectivity index (χ0n) is 14.2. The Balaban J connectivity index is 2.19. The molecule has 4 nitrogen and oxygen atoms in total. The smallest absolute Gasteiger partial charge is 0.103 e. The number of nitrogens with one attached hydrogen (secondary N) is 1. The van der Waals surface area contributed by atoms with Gasteiger partial charge in [-0.1, -0.05) is 6.92 Å². The van der Waals surface area contributed by atoms with Gasteiger partial charge in [-0.2, -0.15) is 5.26 Å². The molecule has 0 aromatic carbocycles. The average Bonchev–Trinajstić information content (AvgIpc) is 2.50. The summed E-state index contributed by atoms with van der Waals surface area (Å²) in [6, 6.07) is 2.43. The number of hydrogen-bond donors (Lipinski definition) is 1. The summed E-state index contributed by atoms with van der Waals surface area (Å²) in [5.41, 5.74) is -0.355. The maximum absolute atomic E-state index is 9.31. The molecule has 0 aromatic rings. The van der Waals surface area contributed by atoms with Crippen LogP contribution in [0.3, 0.4) is 0 Å². The molecule has 1 N–H and O–H groups in total. The first-order valence-corrected chi connectivity index (χ1v) is 8.63. The van der Waals surface area contributed by atoms with Crippen molar-refractivity contribution in [2.24, 2.45) is 0 Å². The molecule has 2 atom stereocenters. The first-order chi connectivity index (χ1) is 10.1. The number of unbranched alkanes of at least 4 members (excludes halogenated alkanes) is 1. The highest BCUT2D eigenvalue weighted by Gasteiger charge is 2.23. The van der Waals surface area contributed by atoms with Gasteiger partial charge in [0.05, 0.1) is 12.2 Å². The molecule has 0 aromatic heterocycles. The van der Waals surface area contributed by atoms with E-state index < -0.39 is 0 Å². The van der Waals surface area contributed by atoms with Gasteiger partial charge in [0, 0.05) is 13.2 Å². The SMILES string of the molecule is CCCNC(C)(C#N)CCCCN1CCCC(OCC)C1. The fourth-order valence-electron chi connectivity index (χ4n) is 2.99. The Hall–Kier alpha value is -0.630. The lowest BCUT2D eigenvalue weighted by molar-refractivity contribution is 0.00551. The minimum Gasteiger partial charge on any atom is -0.377 e. The predicted molar refractivity (Wildman–Crippen MR) is 87.3 cm³/mol. The third-order valence-electron chi connectivity index (χ3n) is 4.28. The van der Waals surface area contributed by atoms with Crippen molar-refractivity contribution in [3.8, 4) is 6.07 Å². The molecule has 4 heteroatoms. The molecule has 0 bridgehead atoms. The number of nitrogens with zero attached hydrogens (tertiary/aromatic N) is 2. The quantitative estimate of drug-likeness (QED) is 0.630. The maximum Gasteiger partial charge on any atom is 0.103 e. The van der Waals surface area contributed by atoms with E-state index in [1.54, 1.807) is 0 Å². The first-order valence-electron chi connectivity index (χ1n) is 8.63. The second kappa shape index (κ2) is 10.2. The van der Waals surface area contributed by atoms with E-state index in [1.165, 1.54) is 25.8 Å². The molecule has 1 aliphatic rings. The zero-order chi connectivity index (χ0) is 15.6. The second-order valence-corrected chi connectivity index (χ2v) is 6.35. The predicted octanol–water partition coefficient (Wildman–Crippen LogP) is 2.94. The molecule has 0 radical (unpaired) electrons. The fraction of sp³-hybridized carbons (Fsp3) is 0.941. The van der Waals surface area contributed by atoms with E-state index in [1.807, 2.05) is 6.92 Å². The monoisotopic (exact) mass is 295 g/mol. The topological polar surface area (TPSA) is 48.3 Å². The van der Waals surface area contributed by atoms with E-state index >= 15 is 0 Å². The van der Waals surface area contributed by atoms with Crippen LogP contribution in [-0.2, 0) is 4.74 Å². The van der Waals surface area contributed by atoms with E-state index in [9.17, 15) is 5.26 Å². The molecule has 0 aliphatic carbocycles. The molecule has 1 aliphatic heterocycles. The third kappa shape index (κ3) is 7.26. The van der Waals surface area contributed by atoms with Crippen molar-refractivity contribution >= 4 is 0 Å². The highest BCUT2D eigenvalue weighted by atomic mass is 16.5. The van der Waals surface area contributed by atoms with Gasteiger partial charge in [0.25, 0.3) is 0 Å². The van der Waals surface area contributed by atoms with Crippen LogP contribution in [-0.4, -0.2) is 49.3 Å². The second-order valence-electron chi connectivity index (χ2n) is 6.35. The Kier molecular flexibility index (Phi) is 8.91. The lowest BCUT2D eigenvalue weighted by atomic mass is 9.96. The van der Waals surface area contributed by atoms with Crippen LogP contribution in [0.15, 0.2) is 0 Å². The maximum atomic E-state index is 9.31. The van der Waals surface area contributed by atoms with E-state index in [4.69, 9.17) is 4.74 Å². The average molecular weight is 295 g/mol. The Bertz CT molecular complexity index is 314. The summed E-state index contributed by atoms with van der Waals surface area (Å²) >= 11 is 0. The lowest BCUT2D eigenvalue weighted by Crippen LogP contribution is -2.42. The van der Waals surface area contributed by atoms with Gasteiger partial charge in [-0.25, -0.2) is 0 Å². The summed E-state index contributed by atoms with van der Waals surface area (Å²) in [6.07, 6.45) is 7.17. The summed E-state index contributed by atoms with van der Waals surface area (Å²) in [5.74, 6) is 0. The van der Waals surface area contributed by atoms with Crippen molar-refractivity contribution in [2.45, 2.75) is 70.9 Å². The van der Waals surface area contributed by atoms with Crippen LogP contribution in [0.4, 0.5) is 0 Å². The summed E-state index contributed by atoms with van der Waals surface area (Å²) in [6.45, 7) is 11.4. The largest absolute Gasteiger partial charge is 0.377 e. The van der Waals surface area contributed by atoms with Gasteiger partial charge in [0.15, 0.2) is 0 Å². The Morgan fingerprint density at radius 3 is 2.86 bits per heavy atom. The molecule has 1 saturated heterocycles. The van der Waals surface area contributed by atoms with Gasteiger partial charge in [0.1, 0.15) is 5.54 Å². The van der Waals surface area contributed by atoms with Crippen LogP contribution < -0.4 is 5.32 Å². The van der Waals surface area contributed by atoms with Crippen molar-refractivity contribution in [3.63, 3.8) is 0 Å². The van der Waals surface area contributed by atoms with Gasteiger partial charge >= 0.3 is 0 Å². The number of piperidine rings is 1.